The molecule has 0 atom stereocenters. The van der Waals surface area contributed by atoms with E-state index in [4.69, 9.17) is 14.2 Å². The Morgan fingerprint density at radius 2 is 1.30 bits per heavy atom. The first-order valence-electron chi connectivity index (χ1n) is 11.9. The van der Waals surface area contributed by atoms with Gasteiger partial charge in [-0.25, -0.2) is 9.59 Å². The van der Waals surface area contributed by atoms with Gasteiger partial charge in [-0.3, -0.25) is 9.59 Å². The number of carbonyl (C=O) groups excluding carboxylic acids is 3. The third-order valence-corrected chi connectivity index (χ3v) is 5.35. The minimum absolute atomic E-state index is 0.000778. The van der Waals surface area contributed by atoms with Crippen molar-refractivity contribution in [2.24, 2.45) is 0 Å². The van der Waals surface area contributed by atoms with E-state index in [0.717, 1.165) is 0 Å². The van der Waals surface area contributed by atoms with Gasteiger partial charge in [0.25, 0.3) is 0 Å². The van der Waals surface area contributed by atoms with Crippen molar-refractivity contribution in [2.45, 2.75) is 27.2 Å². The summed E-state index contributed by atoms with van der Waals surface area (Å²) in [5.41, 5.74) is 2.14. The zero-order valence-electron chi connectivity index (χ0n) is 21.8. The molecule has 0 aliphatic rings. The second-order valence-electron chi connectivity index (χ2n) is 8.65. The fourth-order valence-corrected chi connectivity index (χ4v) is 3.60. The molecule has 0 fully saturated rings. The molecule has 0 aromatic heterocycles. The summed E-state index contributed by atoms with van der Waals surface area (Å²) in [6.07, 6.45) is 4.03. The van der Waals surface area contributed by atoms with Crippen LogP contribution in [0, 0.1) is 6.92 Å². The second-order valence-corrected chi connectivity index (χ2v) is 8.65. The molecule has 0 amide bonds. The third kappa shape index (κ3) is 8.32. The number of rotatable bonds is 9. The molecule has 0 radical (unpaired) electrons. The molecule has 3 N–H and O–H groups in total. The Balaban J connectivity index is 1.69. The molecule has 206 valence electrons. The number of phenols is 2. The molecule has 0 unspecified atom stereocenters. The number of aryl methyl sites for hydroxylation is 1. The Morgan fingerprint density at radius 1 is 0.750 bits per heavy atom. The van der Waals surface area contributed by atoms with Crippen LogP contribution in [-0.4, -0.2) is 39.2 Å². The van der Waals surface area contributed by atoms with Crippen molar-refractivity contribution in [3.05, 3.63) is 88.5 Å². The Bertz CT molecular complexity index is 1530. The van der Waals surface area contributed by atoms with Crippen molar-refractivity contribution in [1.82, 2.24) is 0 Å². The Kier molecular flexibility index (Phi) is 9.43. The van der Waals surface area contributed by atoms with Crippen molar-refractivity contribution in [3.8, 4) is 28.7 Å². The summed E-state index contributed by atoms with van der Waals surface area (Å²) < 4.78 is 15.1. The van der Waals surface area contributed by atoms with Crippen LogP contribution in [0.3, 0.4) is 0 Å². The number of aromatic hydroxyl groups is 2. The fraction of sp³-hybridized carbons (Fsp3) is 0.133. The number of carboxylic acid groups (broad SMARTS) is 1. The van der Waals surface area contributed by atoms with E-state index in [1.807, 2.05) is 0 Å². The topological polar surface area (TPSA) is 157 Å². The number of hydrogen-bond donors (Lipinski definition) is 3. The molecule has 3 aromatic rings. The van der Waals surface area contributed by atoms with Gasteiger partial charge in [-0.2, -0.15) is 0 Å². The van der Waals surface area contributed by atoms with Gasteiger partial charge in [0.1, 0.15) is 5.75 Å². The minimum atomic E-state index is -1.16. The average Bonchev–Trinajstić information content (AvgIpc) is 2.86. The van der Waals surface area contributed by atoms with Gasteiger partial charge in [-0.15, -0.1) is 0 Å². The minimum Gasteiger partial charge on any atom is -0.504 e. The number of aliphatic carboxylic acids is 1. The molecule has 0 heterocycles. The number of phenolic OH excluding ortho intramolecular Hbond substituents is 2. The van der Waals surface area contributed by atoms with E-state index < -0.39 is 23.9 Å². The van der Waals surface area contributed by atoms with Gasteiger partial charge < -0.3 is 29.5 Å². The monoisotopic (exact) mass is 546 g/mol. The third-order valence-electron chi connectivity index (χ3n) is 5.35. The Hall–Kier alpha value is -5.38. The lowest BCUT2D eigenvalue weighted by molar-refractivity contribution is -0.133. The molecule has 0 saturated carbocycles. The van der Waals surface area contributed by atoms with Crippen LogP contribution >= 0.6 is 0 Å². The lowest BCUT2D eigenvalue weighted by Gasteiger charge is -2.10. The summed E-state index contributed by atoms with van der Waals surface area (Å²) in [4.78, 5) is 46.3. The smallest absolute Gasteiger partial charge is 0.336 e. The lowest BCUT2D eigenvalue weighted by Crippen LogP contribution is -2.07. The molecule has 0 bridgehead atoms. The number of ether oxygens (including phenoxy) is 3. The van der Waals surface area contributed by atoms with Gasteiger partial charge in [0.05, 0.1) is 0 Å². The van der Waals surface area contributed by atoms with E-state index in [1.54, 1.807) is 31.2 Å². The maximum atomic E-state index is 12.3. The number of esters is 3. The summed E-state index contributed by atoms with van der Waals surface area (Å²) in [5.74, 6) is -3.34. The summed E-state index contributed by atoms with van der Waals surface area (Å²) >= 11 is 0. The Morgan fingerprint density at radius 3 is 1.82 bits per heavy atom. The first-order chi connectivity index (χ1) is 18.9. The first-order valence-corrected chi connectivity index (χ1v) is 11.9. The molecule has 10 heteroatoms. The van der Waals surface area contributed by atoms with Gasteiger partial charge in [0.15, 0.2) is 23.0 Å². The summed E-state index contributed by atoms with van der Waals surface area (Å²) in [5, 5.41) is 29.7. The van der Waals surface area contributed by atoms with Crippen LogP contribution in [0.25, 0.3) is 12.2 Å². The molecule has 0 saturated heterocycles. The highest BCUT2D eigenvalue weighted by Gasteiger charge is 2.13. The number of carboxylic acids is 1. The van der Waals surface area contributed by atoms with E-state index in [1.165, 1.54) is 62.4 Å². The zero-order chi connectivity index (χ0) is 29.4. The lowest BCUT2D eigenvalue weighted by atomic mass is 10.0. The van der Waals surface area contributed by atoms with Crippen LogP contribution in [0.4, 0.5) is 0 Å². The molecule has 10 nitrogen and oxygen atoms in total. The first kappa shape index (κ1) is 29.2. The molecule has 0 aliphatic heterocycles. The van der Waals surface area contributed by atoms with Crippen LogP contribution in [0.5, 0.6) is 28.7 Å². The van der Waals surface area contributed by atoms with Crippen LogP contribution in [0.1, 0.15) is 36.1 Å². The maximum Gasteiger partial charge on any atom is 0.336 e. The molecule has 40 heavy (non-hydrogen) atoms. The van der Waals surface area contributed by atoms with Gasteiger partial charge in [0, 0.05) is 31.9 Å². The van der Waals surface area contributed by atoms with E-state index in [0.29, 0.717) is 22.3 Å². The van der Waals surface area contributed by atoms with Crippen LogP contribution < -0.4 is 14.2 Å². The van der Waals surface area contributed by atoms with Crippen molar-refractivity contribution in [1.29, 1.82) is 0 Å². The van der Waals surface area contributed by atoms with Crippen LogP contribution in [-0.2, 0) is 25.6 Å². The molecule has 0 spiro atoms. The van der Waals surface area contributed by atoms with E-state index >= 15 is 0 Å². The molecular weight excluding hydrogens is 520 g/mol. The van der Waals surface area contributed by atoms with E-state index in [-0.39, 0.29) is 40.7 Å². The van der Waals surface area contributed by atoms with Crippen molar-refractivity contribution >= 4 is 36.0 Å². The van der Waals surface area contributed by atoms with Crippen LogP contribution in [0.15, 0.2) is 66.2 Å². The summed E-state index contributed by atoms with van der Waals surface area (Å²) in [6, 6.07) is 13.3. The highest BCUT2D eigenvalue weighted by Crippen LogP contribution is 2.29. The fourth-order valence-electron chi connectivity index (χ4n) is 3.60. The number of hydrogen-bond acceptors (Lipinski definition) is 9. The predicted octanol–water partition coefficient (Wildman–Crippen LogP) is 4.59. The maximum absolute atomic E-state index is 12.3. The SMILES string of the molecule is CC(=O)Oc1ccc(/C=C/C(=O)Oc2ccc(C/C(=C\c3ccc(OC(C)=O)c(O)c3)C(=O)O)cc2C)cc1O. The van der Waals surface area contributed by atoms with Crippen molar-refractivity contribution in [3.63, 3.8) is 0 Å². The van der Waals surface area contributed by atoms with Gasteiger partial charge >= 0.3 is 23.9 Å². The average molecular weight is 547 g/mol. The summed E-state index contributed by atoms with van der Waals surface area (Å²) in [7, 11) is 0. The van der Waals surface area contributed by atoms with Crippen molar-refractivity contribution in [2.75, 3.05) is 0 Å². The number of benzene rings is 3. The highest BCUT2D eigenvalue weighted by molar-refractivity contribution is 5.93. The van der Waals surface area contributed by atoms with E-state index in [9.17, 15) is 34.5 Å². The highest BCUT2D eigenvalue weighted by atomic mass is 16.5. The standard InChI is InChI=1S/C30H26O10/c1-17-12-21(13-23(30(36)37)14-22-6-10-28(25(34)16-22)39-19(3)32)5-8-26(17)40-29(35)11-7-20-4-9-27(24(33)15-20)38-18(2)31/h4-12,14-16,33-34H,13H2,1-3H3,(H,36,37)/b11-7+,23-14+. The zero-order valence-corrected chi connectivity index (χ0v) is 21.8. The quantitative estimate of drug-likeness (QED) is 0.197. The molecule has 3 aromatic carbocycles. The molecule has 0 aliphatic carbocycles. The predicted molar refractivity (Wildman–Crippen MR) is 144 cm³/mol. The summed E-state index contributed by atoms with van der Waals surface area (Å²) in [6.45, 7) is 4.11. The van der Waals surface area contributed by atoms with Crippen LogP contribution in [0.2, 0.25) is 0 Å². The van der Waals surface area contributed by atoms with E-state index in [2.05, 4.69) is 0 Å². The number of carbonyl (C=O) groups is 4. The van der Waals surface area contributed by atoms with Gasteiger partial charge in [-0.1, -0.05) is 24.3 Å². The normalized spacial score (nSPS) is 11.2. The molecular formula is C30H26O10. The van der Waals surface area contributed by atoms with Gasteiger partial charge in [0.2, 0.25) is 0 Å². The second kappa shape index (κ2) is 12.9. The largest absolute Gasteiger partial charge is 0.504 e. The molecule has 3 rings (SSSR count). The van der Waals surface area contributed by atoms with Crippen molar-refractivity contribution < 1.29 is 48.7 Å². The van der Waals surface area contributed by atoms with Gasteiger partial charge in [-0.05, 0) is 71.7 Å². The Labute approximate surface area is 229 Å².